The fraction of sp³-hybridized carbons (Fsp3) is 0.500. The number of hydrogen-bond donors (Lipinski definition) is 0. The molecule has 0 amide bonds. The zero-order valence-electron chi connectivity index (χ0n) is 17.9. The van der Waals surface area contributed by atoms with Gasteiger partial charge in [0.2, 0.25) is 0 Å². The first-order valence-electron chi connectivity index (χ1n) is 11.1. The van der Waals surface area contributed by atoms with Gasteiger partial charge in [-0.25, -0.2) is 4.39 Å². The van der Waals surface area contributed by atoms with Crippen molar-refractivity contribution < 1.29 is 9.18 Å². The summed E-state index contributed by atoms with van der Waals surface area (Å²) in [6.45, 7) is 0.952. The van der Waals surface area contributed by atoms with Crippen LogP contribution in [-0.2, 0) is 12.8 Å². The molecule has 0 N–H and O–H groups in total. The predicted molar refractivity (Wildman–Crippen MR) is 123 cm³/mol. The van der Waals surface area contributed by atoms with Crippen molar-refractivity contribution in [1.82, 2.24) is 4.90 Å². The zero-order valence-corrected chi connectivity index (χ0v) is 18.7. The Bertz CT molecular complexity index is 842. The van der Waals surface area contributed by atoms with E-state index in [1.54, 1.807) is 23.3 Å². The van der Waals surface area contributed by atoms with Gasteiger partial charge < -0.3 is 4.90 Å². The van der Waals surface area contributed by atoms with E-state index in [1.165, 1.54) is 57.1 Å². The molecule has 4 heteroatoms. The molecule has 2 nitrogen and oxygen atoms in total. The van der Waals surface area contributed by atoms with E-state index >= 15 is 0 Å². The minimum atomic E-state index is -0.294. The van der Waals surface area contributed by atoms with Crippen LogP contribution < -0.4 is 0 Å². The molecule has 2 aromatic rings. The molecule has 0 radical (unpaired) electrons. The second-order valence-electron chi connectivity index (χ2n) is 9.19. The van der Waals surface area contributed by atoms with Crippen LogP contribution in [0.1, 0.15) is 66.4 Å². The monoisotopic (exact) mass is 429 g/mol. The maximum absolute atomic E-state index is 13.0. The van der Waals surface area contributed by atoms with Crippen LogP contribution in [0.25, 0.3) is 0 Å². The van der Waals surface area contributed by atoms with Crippen LogP contribution in [0, 0.1) is 11.2 Å². The average Bonchev–Trinajstić information content (AvgIpc) is 2.74. The van der Waals surface area contributed by atoms with Gasteiger partial charge in [-0.05, 0) is 106 Å². The highest BCUT2D eigenvalue weighted by atomic mass is 35.5. The van der Waals surface area contributed by atoms with Gasteiger partial charge in [-0.15, -0.1) is 12.4 Å². The van der Waals surface area contributed by atoms with Crippen molar-refractivity contribution in [3.05, 3.63) is 71.0 Å². The summed E-state index contributed by atoms with van der Waals surface area (Å²) in [4.78, 5) is 14.7. The Hall–Kier alpha value is -1.71. The lowest BCUT2D eigenvalue weighted by molar-refractivity contribution is 0.0875. The van der Waals surface area contributed by atoms with E-state index in [4.69, 9.17) is 0 Å². The summed E-state index contributed by atoms with van der Waals surface area (Å²) in [5, 5.41) is 0. The molecule has 1 spiro atoms. The summed E-state index contributed by atoms with van der Waals surface area (Å²) in [5.74, 6) is -0.181. The highest BCUT2D eigenvalue weighted by Crippen LogP contribution is 2.47. The predicted octanol–water partition coefficient (Wildman–Crippen LogP) is 6.26. The maximum atomic E-state index is 13.0. The number of fused-ring (bicyclic) bond motifs is 1. The molecule has 2 aliphatic carbocycles. The van der Waals surface area contributed by atoms with Crippen molar-refractivity contribution in [2.75, 3.05) is 13.6 Å². The molecular weight excluding hydrogens is 397 g/mol. The smallest absolute Gasteiger partial charge is 0.162 e. The van der Waals surface area contributed by atoms with Gasteiger partial charge in [0, 0.05) is 18.0 Å². The van der Waals surface area contributed by atoms with Crippen LogP contribution in [0.4, 0.5) is 4.39 Å². The topological polar surface area (TPSA) is 20.3 Å². The number of Topliss-reactive ketones (excluding diaryl/α,β-unsaturated/α-hetero) is 1. The standard InChI is InChI=1S/C26H32FNO.ClH/c1-28(18-4-7-25(29)21-8-10-23(27)11-9-21)24-13-16-26(17-14-24)15-12-20-5-2-3-6-22(20)19-26;/h2-3,5-6,8-11,24H,4,7,12-19H2,1H3;1H. The van der Waals surface area contributed by atoms with Gasteiger partial charge in [-0.2, -0.15) is 0 Å². The van der Waals surface area contributed by atoms with Crippen molar-refractivity contribution in [2.45, 2.75) is 63.8 Å². The normalized spacial score (nSPS) is 23.1. The number of aryl methyl sites for hydroxylation is 1. The molecule has 30 heavy (non-hydrogen) atoms. The molecule has 0 heterocycles. The second kappa shape index (κ2) is 10.1. The van der Waals surface area contributed by atoms with Gasteiger partial charge in [0.1, 0.15) is 5.82 Å². The van der Waals surface area contributed by atoms with E-state index < -0.39 is 0 Å². The van der Waals surface area contributed by atoms with Crippen LogP contribution in [0.2, 0.25) is 0 Å². The molecule has 0 bridgehead atoms. The molecule has 162 valence electrons. The van der Waals surface area contributed by atoms with Gasteiger partial charge in [0.15, 0.2) is 5.78 Å². The Balaban J connectivity index is 0.00000256. The average molecular weight is 430 g/mol. The summed E-state index contributed by atoms with van der Waals surface area (Å²) in [7, 11) is 2.21. The molecule has 4 rings (SSSR count). The van der Waals surface area contributed by atoms with E-state index in [9.17, 15) is 9.18 Å². The number of carbonyl (C=O) groups excluding carboxylic acids is 1. The SMILES string of the molecule is CN(CCCC(=O)c1ccc(F)cc1)C1CCC2(CCc3ccccc3C2)CC1.Cl. The molecule has 0 saturated heterocycles. The van der Waals surface area contributed by atoms with E-state index in [1.807, 2.05) is 0 Å². The van der Waals surface area contributed by atoms with Crippen LogP contribution >= 0.6 is 12.4 Å². The van der Waals surface area contributed by atoms with E-state index in [2.05, 4.69) is 36.2 Å². The molecule has 0 aliphatic heterocycles. The van der Waals surface area contributed by atoms with Gasteiger partial charge in [-0.1, -0.05) is 24.3 Å². The number of benzene rings is 2. The van der Waals surface area contributed by atoms with Crippen LogP contribution in [0.15, 0.2) is 48.5 Å². The highest BCUT2D eigenvalue weighted by molar-refractivity contribution is 5.95. The molecule has 2 aliphatic rings. The Labute approximate surface area is 186 Å². The maximum Gasteiger partial charge on any atom is 0.162 e. The van der Waals surface area contributed by atoms with Crippen molar-refractivity contribution in [1.29, 1.82) is 0 Å². The number of halogens is 2. The Morgan fingerprint density at radius 3 is 2.40 bits per heavy atom. The van der Waals surface area contributed by atoms with Gasteiger partial charge >= 0.3 is 0 Å². The van der Waals surface area contributed by atoms with Gasteiger partial charge in [-0.3, -0.25) is 4.79 Å². The molecule has 0 unspecified atom stereocenters. The van der Waals surface area contributed by atoms with Crippen LogP contribution in [0.5, 0.6) is 0 Å². The van der Waals surface area contributed by atoms with Crippen LogP contribution in [-0.4, -0.2) is 30.3 Å². The number of rotatable bonds is 6. The highest BCUT2D eigenvalue weighted by Gasteiger charge is 2.38. The lowest BCUT2D eigenvalue weighted by Crippen LogP contribution is -2.41. The van der Waals surface area contributed by atoms with Crippen molar-refractivity contribution in [3.63, 3.8) is 0 Å². The first-order valence-corrected chi connectivity index (χ1v) is 11.1. The van der Waals surface area contributed by atoms with Crippen molar-refractivity contribution >= 4 is 18.2 Å². The number of carbonyl (C=O) groups is 1. The Morgan fingerprint density at radius 2 is 1.70 bits per heavy atom. The summed E-state index contributed by atoms with van der Waals surface area (Å²) < 4.78 is 13.0. The molecule has 0 atom stereocenters. The number of hydrogen-bond acceptors (Lipinski definition) is 2. The molecule has 0 aromatic heterocycles. The van der Waals surface area contributed by atoms with Gasteiger partial charge in [0.25, 0.3) is 0 Å². The van der Waals surface area contributed by atoms with Crippen molar-refractivity contribution in [3.8, 4) is 0 Å². The second-order valence-corrected chi connectivity index (χ2v) is 9.19. The lowest BCUT2D eigenvalue weighted by Gasteiger charge is -2.45. The van der Waals surface area contributed by atoms with Gasteiger partial charge in [0.05, 0.1) is 0 Å². The molecule has 1 fully saturated rings. The summed E-state index contributed by atoms with van der Waals surface area (Å²) in [6, 6.07) is 15.5. The largest absolute Gasteiger partial charge is 0.303 e. The third kappa shape index (κ3) is 5.31. The van der Waals surface area contributed by atoms with Crippen LogP contribution in [0.3, 0.4) is 0 Å². The zero-order chi connectivity index (χ0) is 20.3. The first kappa shape index (κ1) is 23.0. The summed E-state index contributed by atoms with van der Waals surface area (Å²) >= 11 is 0. The molecule has 2 aromatic carbocycles. The molecular formula is C26H33ClFNO. The Morgan fingerprint density at radius 1 is 1.03 bits per heavy atom. The fourth-order valence-corrected chi connectivity index (χ4v) is 5.40. The Kier molecular flexibility index (Phi) is 7.70. The third-order valence-corrected chi connectivity index (χ3v) is 7.33. The first-order chi connectivity index (χ1) is 14.0. The van der Waals surface area contributed by atoms with E-state index in [-0.39, 0.29) is 24.0 Å². The molecule has 1 saturated carbocycles. The number of nitrogens with zero attached hydrogens (tertiary/aromatic N) is 1. The number of ketones is 1. The van der Waals surface area contributed by atoms with E-state index in [0.29, 0.717) is 23.4 Å². The summed E-state index contributed by atoms with van der Waals surface area (Å²) in [5.41, 5.74) is 4.27. The van der Waals surface area contributed by atoms with E-state index in [0.717, 1.165) is 13.0 Å². The lowest BCUT2D eigenvalue weighted by atomic mass is 9.63. The van der Waals surface area contributed by atoms with Crippen molar-refractivity contribution in [2.24, 2.45) is 5.41 Å². The third-order valence-electron chi connectivity index (χ3n) is 7.33. The minimum absolute atomic E-state index is 0. The quantitative estimate of drug-likeness (QED) is 0.505. The minimum Gasteiger partial charge on any atom is -0.303 e. The summed E-state index contributed by atoms with van der Waals surface area (Å²) in [6.07, 6.45) is 10.4. The fourth-order valence-electron chi connectivity index (χ4n) is 5.40.